The molecule has 0 aromatic heterocycles. The van der Waals surface area contributed by atoms with Crippen molar-refractivity contribution in [3.8, 4) is 0 Å². The lowest BCUT2D eigenvalue weighted by atomic mass is 9.78. The summed E-state index contributed by atoms with van der Waals surface area (Å²) in [5.41, 5.74) is 0. The van der Waals surface area contributed by atoms with Crippen molar-refractivity contribution in [1.82, 2.24) is 5.32 Å². The second kappa shape index (κ2) is 7.66. The average molecular weight is 309 g/mol. The molecule has 0 aliphatic heterocycles. The third-order valence-corrected chi connectivity index (χ3v) is 4.00. The Kier molecular flexibility index (Phi) is 6.48. The van der Waals surface area contributed by atoms with Gasteiger partial charge in [0.2, 0.25) is 5.91 Å². The first-order chi connectivity index (χ1) is 9.71. The first-order valence-corrected chi connectivity index (χ1v) is 7.28. The maximum Gasteiger partial charge on any atom is 0.392 e. The van der Waals surface area contributed by atoms with Crippen LogP contribution in [-0.2, 0) is 9.59 Å². The van der Waals surface area contributed by atoms with E-state index in [9.17, 15) is 22.8 Å². The lowest BCUT2D eigenvalue weighted by Gasteiger charge is -2.32. The minimum absolute atomic E-state index is 0.00829. The summed E-state index contributed by atoms with van der Waals surface area (Å²) in [4.78, 5) is 22.4. The number of carboxylic acid groups (broad SMARTS) is 1. The Labute approximate surface area is 122 Å². The molecule has 4 nitrogen and oxygen atoms in total. The lowest BCUT2D eigenvalue weighted by molar-refractivity contribution is -0.198. The van der Waals surface area contributed by atoms with Crippen molar-refractivity contribution in [2.24, 2.45) is 17.8 Å². The second-order valence-corrected chi connectivity index (χ2v) is 5.82. The van der Waals surface area contributed by atoms with Gasteiger partial charge in [0.1, 0.15) is 0 Å². The molecule has 1 saturated carbocycles. The number of hydrogen-bond donors (Lipinski definition) is 2. The van der Waals surface area contributed by atoms with Crippen molar-refractivity contribution in [3.63, 3.8) is 0 Å². The summed E-state index contributed by atoms with van der Waals surface area (Å²) >= 11 is 0. The van der Waals surface area contributed by atoms with Crippen LogP contribution in [0.15, 0.2) is 0 Å². The molecule has 3 unspecified atom stereocenters. The van der Waals surface area contributed by atoms with Crippen LogP contribution in [0, 0.1) is 17.8 Å². The minimum Gasteiger partial charge on any atom is -0.481 e. The van der Waals surface area contributed by atoms with E-state index < -0.39 is 29.9 Å². The Morgan fingerprint density at radius 2 is 1.90 bits per heavy atom. The van der Waals surface area contributed by atoms with Gasteiger partial charge in [-0.2, -0.15) is 13.2 Å². The van der Waals surface area contributed by atoms with Gasteiger partial charge in [-0.25, -0.2) is 0 Å². The van der Waals surface area contributed by atoms with E-state index in [1.54, 1.807) is 6.92 Å². The predicted molar refractivity (Wildman–Crippen MR) is 70.5 cm³/mol. The number of halogens is 3. The predicted octanol–water partition coefficient (Wildman–Crippen LogP) is 2.97. The Bertz CT molecular complexity index is 371. The van der Waals surface area contributed by atoms with Crippen molar-refractivity contribution in [3.05, 3.63) is 0 Å². The number of aliphatic carboxylic acids is 1. The molecule has 0 bridgehead atoms. The van der Waals surface area contributed by atoms with Gasteiger partial charge in [0, 0.05) is 18.9 Å². The van der Waals surface area contributed by atoms with E-state index in [-0.39, 0.29) is 31.7 Å². The fraction of sp³-hybridized carbons (Fsp3) is 0.857. The van der Waals surface area contributed by atoms with Gasteiger partial charge < -0.3 is 10.4 Å². The summed E-state index contributed by atoms with van der Waals surface area (Å²) < 4.78 is 38.7. The highest BCUT2D eigenvalue weighted by molar-refractivity contribution is 5.79. The highest BCUT2D eigenvalue weighted by Gasteiger charge is 2.47. The number of rotatable bonds is 6. The first-order valence-electron chi connectivity index (χ1n) is 7.28. The van der Waals surface area contributed by atoms with Gasteiger partial charge in [-0.15, -0.1) is 0 Å². The number of amides is 1. The van der Waals surface area contributed by atoms with Crippen molar-refractivity contribution in [2.45, 2.75) is 51.6 Å². The molecule has 0 heterocycles. The number of alkyl halides is 3. The van der Waals surface area contributed by atoms with E-state index in [2.05, 4.69) is 5.32 Å². The molecular weight excluding hydrogens is 287 g/mol. The van der Waals surface area contributed by atoms with Crippen LogP contribution in [0.2, 0.25) is 0 Å². The van der Waals surface area contributed by atoms with Crippen LogP contribution in [0.5, 0.6) is 0 Å². The van der Waals surface area contributed by atoms with Crippen molar-refractivity contribution in [2.75, 3.05) is 6.54 Å². The monoisotopic (exact) mass is 309 g/mol. The van der Waals surface area contributed by atoms with Gasteiger partial charge in [-0.1, -0.05) is 19.8 Å². The maximum atomic E-state index is 12.9. The lowest BCUT2D eigenvalue weighted by Crippen LogP contribution is -2.43. The van der Waals surface area contributed by atoms with Crippen molar-refractivity contribution < 1.29 is 27.9 Å². The van der Waals surface area contributed by atoms with Crippen LogP contribution in [0.25, 0.3) is 0 Å². The van der Waals surface area contributed by atoms with Crippen LogP contribution in [-0.4, -0.2) is 29.7 Å². The number of carbonyl (C=O) groups is 2. The molecule has 7 heteroatoms. The van der Waals surface area contributed by atoms with E-state index in [0.29, 0.717) is 19.3 Å². The van der Waals surface area contributed by atoms with Gasteiger partial charge in [-0.05, 0) is 25.2 Å². The highest BCUT2D eigenvalue weighted by Crippen LogP contribution is 2.41. The van der Waals surface area contributed by atoms with Crippen LogP contribution < -0.4 is 5.32 Å². The normalized spacial score (nSPS) is 24.4. The molecule has 0 aromatic carbocycles. The number of nitrogens with one attached hydrogen (secondary N) is 1. The van der Waals surface area contributed by atoms with Crippen LogP contribution >= 0.6 is 0 Å². The van der Waals surface area contributed by atoms with Crippen molar-refractivity contribution in [1.29, 1.82) is 0 Å². The van der Waals surface area contributed by atoms with Gasteiger partial charge in [-0.3, -0.25) is 9.59 Å². The van der Waals surface area contributed by atoms with Gasteiger partial charge in [0.25, 0.3) is 0 Å². The molecule has 0 aromatic rings. The van der Waals surface area contributed by atoms with Gasteiger partial charge in [0.15, 0.2) is 0 Å². The zero-order valence-corrected chi connectivity index (χ0v) is 12.1. The fourth-order valence-corrected chi connectivity index (χ4v) is 2.71. The molecule has 0 saturated heterocycles. The zero-order chi connectivity index (χ0) is 16.0. The van der Waals surface area contributed by atoms with Crippen molar-refractivity contribution >= 4 is 11.9 Å². The molecule has 2 N–H and O–H groups in total. The van der Waals surface area contributed by atoms with E-state index in [1.165, 1.54) is 0 Å². The van der Waals surface area contributed by atoms with E-state index >= 15 is 0 Å². The average Bonchev–Trinajstić information content (AvgIpc) is 2.41. The van der Waals surface area contributed by atoms with Crippen LogP contribution in [0.3, 0.4) is 0 Å². The van der Waals surface area contributed by atoms with Gasteiger partial charge in [0.05, 0.1) is 5.92 Å². The summed E-state index contributed by atoms with van der Waals surface area (Å²) in [5, 5.41) is 11.1. The highest BCUT2D eigenvalue weighted by atomic mass is 19.4. The largest absolute Gasteiger partial charge is 0.481 e. The summed E-state index contributed by atoms with van der Waals surface area (Å²) in [5.74, 6) is -4.11. The molecule has 1 aliphatic rings. The minimum atomic E-state index is -4.34. The topological polar surface area (TPSA) is 66.4 Å². The Balaban J connectivity index is 2.47. The zero-order valence-electron chi connectivity index (χ0n) is 12.1. The molecule has 3 atom stereocenters. The number of carbonyl (C=O) groups excluding carboxylic acids is 1. The maximum absolute atomic E-state index is 12.9. The van der Waals surface area contributed by atoms with E-state index in [0.717, 1.165) is 0 Å². The van der Waals surface area contributed by atoms with E-state index in [4.69, 9.17) is 5.11 Å². The quantitative estimate of drug-likeness (QED) is 0.792. The molecule has 1 amide bonds. The fourth-order valence-electron chi connectivity index (χ4n) is 2.71. The summed E-state index contributed by atoms with van der Waals surface area (Å²) in [6, 6.07) is 0. The second-order valence-electron chi connectivity index (χ2n) is 5.82. The molecule has 1 aliphatic carbocycles. The molecule has 0 radical (unpaired) electrons. The molecule has 1 fully saturated rings. The van der Waals surface area contributed by atoms with Gasteiger partial charge >= 0.3 is 12.1 Å². The summed E-state index contributed by atoms with van der Waals surface area (Å²) in [6.07, 6.45) is -2.54. The SMILES string of the molecule is CC(CCC(=O)O)CNC(=O)C1CCCCC1C(F)(F)F. The third kappa shape index (κ3) is 5.93. The Morgan fingerprint density at radius 1 is 1.29 bits per heavy atom. The molecular formula is C14H22F3NO3. The smallest absolute Gasteiger partial charge is 0.392 e. The molecule has 0 spiro atoms. The Morgan fingerprint density at radius 3 is 2.48 bits per heavy atom. The standard InChI is InChI=1S/C14H22F3NO3/c1-9(6-7-12(19)20)8-18-13(21)10-4-2-3-5-11(10)14(15,16)17/h9-11H,2-8H2,1H3,(H,18,21)(H,19,20). The number of hydrogen-bond acceptors (Lipinski definition) is 2. The van der Waals surface area contributed by atoms with Crippen LogP contribution in [0.4, 0.5) is 13.2 Å². The third-order valence-electron chi connectivity index (χ3n) is 4.00. The summed E-state index contributed by atoms with van der Waals surface area (Å²) in [6.45, 7) is 1.98. The molecule has 122 valence electrons. The van der Waals surface area contributed by atoms with Crippen LogP contribution in [0.1, 0.15) is 45.4 Å². The first kappa shape index (κ1) is 17.8. The number of carboxylic acids is 1. The summed E-state index contributed by atoms with van der Waals surface area (Å²) in [7, 11) is 0. The molecule has 21 heavy (non-hydrogen) atoms. The Hall–Kier alpha value is -1.27. The molecule has 1 rings (SSSR count). The van der Waals surface area contributed by atoms with E-state index in [1.807, 2.05) is 0 Å².